The number of hydrogen-bond donors (Lipinski definition) is 0. The van der Waals surface area contributed by atoms with Crippen LogP contribution >= 0.6 is 0 Å². The van der Waals surface area contributed by atoms with Gasteiger partial charge >= 0.3 is 5.97 Å². The maximum atomic E-state index is 11.3. The van der Waals surface area contributed by atoms with Crippen molar-refractivity contribution < 1.29 is 18.7 Å². The van der Waals surface area contributed by atoms with E-state index in [1.54, 1.807) is 6.92 Å². The Balaban J connectivity index is 3.60. The Morgan fingerprint density at radius 1 is 1.56 bits per heavy atom. The van der Waals surface area contributed by atoms with E-state index in [9.17, 15) is 14.0 Å². The molecule has 0 unspecified atom stereocenters. The van der Waals surface area contributed by atoms with Crippen LogP contribution in [0.4, 0.5) is 4.39 Å². The smallest absolute Gasteiger partial charge is 0.377 e. The van der Waals surface area contributed by atoms with Crippen molar-refractivity contribution in [2.75, 3.05) is 13.3 Å². The van der Waals surface area contributed by atoms with Crippen LogP contribution in [-0.4, -0.2) is 25.0 Å². The standard InChI is InChI=1S/C5H7FO3/c1-2-9-5(8)4(7)3-6/h2-3H2,1H3. The summed E-state index contributed by atoms with van der Waals surface area (Å²) in [6.07, 6.45) is 0. The van der Waals surface area contributed by atoms with Gasteiger partial charge in [0.05, 0.1) is 6.61 Å². The summed E-state index contributed by atoms with van der Waals surface area (Å²) in [5.41, 5.74) is 0. The fourth-order valence-corrected chi connectivity index (χ4v) is 0.266. The molecule has 0 spiro atoms. The van der Waals surface area contributed by atoms with Crippen LogP contribution in [-0.2, 0) is 14.3 Å². The second-order valence-electron chi connectivity index (χ2n) is 1.28. The SMILES string of the molecule is CCOC(=O)C(=O)CF. The largest absolute Gasteiger partial charge is 0.460 e. The Hall–Kier alpha value is -0.930. The number of hydrogen-bond acceptors (Lipinski definition) is 3. The first kappa shape index (κ1) is 8.07. The third-order valence-electron chi connectivity index (χ3n) is 0.624. The molecule has 0 aliphatic rings. The van der Waals surface area contributed by atoms with Gasteiger partial charge in [0, 0.05) is 0 Å². The molecular weight excluding hydrogens is 127 g/mol. The third-order valence-corrected chi connectivity index (χ3v) is 0.624. The van der Waals surface area contributed by atoms with Gasteiger partial charge < -0.3 is 4.74 Å². The Bertz CT molecular complexity index is 121. The number of carbonyl (C=O) groups excluding carboxylic acids is 2. The number of halogens is 1. The van der Waals surface area contributed by atoms with E-state index in [0.29, 0.717) is 0 Å². The summed E-state index contributed by atoms with van der Waals surface area (Å²) in [5, 5.41) is 0. The lowest BCUT2D eigenvalue weighted by molar-refractivity contribution is -0.153. The normalized spacial score (nSPS) is 8.67. The molecule has 0 atom stereocenters. The summed E-state index contributed by atoms with van der Waals surface area (Å²) < 4.78 is 15.5. The molecular formula is C5H7FO3. The van der Waals surface area contributed by atoms with Gasteiger partial charge in [0.15, 0.2) is 6.67 Å². The van der Waals surface area contributed by atoms with Gasteiger partial charge in [-0.3, -0.25) is 4.79 Å². The maximum absolute atomic E-state index is 11.3. The lowest BCUT2D eigenvalue weighted by Gasteiger charge is -1.94. The summed E-state index contributed by atoms with van der Waals surface area (Å²) in [6.45, 7) is 0.368. The molecule has 0 saturated heterocycles. The van der Waals surface area contributed by atoms with E-state index < -0.39 is 18.4 Å². The van der Waals surface area contributed by atoms with Crippen molar-refractivity contribution >= 4 is 11.8 Å². The average molecular weight is 134 g/mol. The van der Waals surface area contributed by atoms with Gasteiger partial charge in [-0.25, -0.2) is 9.18 Å². The van der Waals surface area contributed by atoms with Gasteiger partial charge in [-0.1, -0.05) is 0 Å². The maximum Gasteiger partial charge on any atom is 0.377 e. The number of ketones is 1. The van der Waals surface area contributed by atoms with E-state index in [-0.39, 0.29) is 6.61 Å². The molecule has 0 aliphatic heterocycles. The highest BCUT2D eigenvalue weighted by atomic mass is 19.1. The molecule has 0 heterocycles. The van der Waals surface area contributed by atoms with Crippen LogP contribution in [0.5, 0.6) is 0 Å². The highest BCUT2D eigenvalue weighted by molar-refractivity contribution is 6.34. The minimum absolute atomic E-state index is 0.102. The molecule has 0 bridgehead atoms. The van der Waals surface area contributed by atoms with Gasteiger partial charge in [-0.2, -0.15) is 0 Å². The zero-order valence-electron chi connectivity index (χ0n) is 5.02. The fourth-order valence-electron chi connectivity index (χ4n) is 0.266. The predicted molar refractivity (Wildman–Crippen MR) is 27.6 cm³/mol. The van der Waals surface area contributed by atoms with Crippen LogP contribution in [0.1, 0.15) is 6.92 Å². The van der Waals surface area contributed by atoms with E-state index in [0.717, 1.165) is 0 Å². The number of Topliss-reactive ketones (excluding diaryl/α,β-unsaturated/α-hetero) is 1. The molecule has 0 fully saturated rings. The van der Waals surface area contributed by atoms with Crippen molar-refractivity contribution in [3.8, 4) is 0 Å². The monoisotopic (exact) mass is 134 g/mol. The molecule has 0 aromatic heterocycles. The number of alkyl halides is 1. The van der Waals surface area contributed by atoms with Crippen LogP contribution in [0.2, 0.25) is 0 Å². The Kier molecular flexibility index (Phi) is 3.59. The summed E-state index contributed by atoms with van der Waals surface area (Å²) in [5.74, 6) is -2.23. The molecule has 52 valence electrons. The second kappa shape index (κ2) is 4.00. The van der Waals surface area contributed by atoms with Crippen LogP contribution in [0, 0.1) is 0 Å². The average Bonchev–Trinajstić information content (AvgIpc) is 1.87. The number of carbonyl (C=O) groups is 2. The fraction of sp³-hybridized carbons (Fsp3) is 0.600. The van der Waals surface area contributed by atoms with Crippen molar-refractivity contribution in [1.82, 2.24) is 0 Å². The van der Waals surface area contributed by atoms with Crippen molar-refractivity contribution in [1.29, 1.82) is 0 Å². The predicted octanol–water partition coefficient (Wildman–Crippen LogP) is 0.0881. The zero-order valence-corrected chi connectivity index (χ0v) is 5.02. The number of ether oxygens (including phenoxy) is 1. The van der Waals surface area contributed by atoms with Crippen LogP contribution in [0.25, 0.3) is 0 Å². The van der Waals surface area contributed by atoms with E-state index in [1.165, 1.54) is 0 Å². The minimum atomic E-state index is -1.28. The van der Waals surface area contributed by atoms with Crippen molar-refractivity contribution in [3.05, 3.63) is 0 Å². The number of rotatable bonds is 3. The summed E-state index contributed by atoms with van der Waals surface area (Å²) in [4.78, 5) is 20.2. The summed E-state index contributed by atoms with van der Waals surface area (Å²) in [7, 11) is 0. The molecule has 0 N–H and O–H groups in total. The lowest BCUT2D eigenvalue weighted by atomic mass is 10.4. The quantitative estimate of drug-likeness (QED) is 0.405. The molecule has 3 nitrogen and oxygen atoms in total. The van der Waals surface area contributed by atoms with Gasteiger partial charge in [-0.15, -0.1) is 0 Å². The topological polar surface area (TPSA) is 43.4 Å². The first-order chi connectivity index (χ1) is 4.22. The van der Waals surface area contributed by atoms with Gasteiger partial charge in [0.2, 0.25) is 0 Å². The molecule has 0 radical (unpaired) electrons. The Morgan fingerprint density at radius 2 is 2.11 bits per heavy atom. The van der Waals surface area contributed by atoms with E-state index in [1.807, 2.05) is 0 Å². The van der Waals surface area contributed by atoms with E-state index >= 15 is 0 Å². The molecule has 0 aromatic carbocycles. The molecule has 0 rings (SSSR count). The molecule has 0 aliphatic carbocycles. The third kappa shape index (κ3) is 2.79. The Labute approximate surface area is 51.8 Å². The minimum Gasteiger partial charge on any atom is -0.460 e. The van der Waals surface area contributed by atoms with Crippen molar-refractivity contribution in [2.24, 2.45) is 0 Å². The van der Waals surface area contributed by atoms with Crippen LogP contribution in [0.15, 0.2) is 0 Å². The summed E-state index contributed by atoms with van der Waals surface area (Å²) >= 11 is 0. The number of esters is 1. The highest BCUT2D eigenvalue weighted by Gasteiger charge is 2.12. The molecule has 9 heavy (non-hydrogen) atoms. The first-order valence-corrected chi connectivity index (χ1v) is 2.48. The van der Waals surface area contributed by atoms with Crippen molar-refractivity contribution in [3.63, 3.8) is 0 Å². The van der Waals surface area contributed by atoms with Crippen molar-refractivity contribution in [2.45, 2.75) is 6.92 Å². The van der Waals surface area contributed by atoms with Gasteiger partial charge in [-0.05, 0) is 6.92 Å². The highest BCUT2D eigenvalue weighted by Crippen LogP contribution is 1.81. The summed E-state index contributed by atoms with van der Waals surface area (Å²) in [6, 6.07) is 0. The van der Waals surface area contributed by atoms with E-state index in [2.05, 4.69) is 4.74 Å². The molecule has 0 aromatic rings. The Morgan fingerprint density at radius 3 is 2.44 bits per heavy atom. The van der Waals surface area contributed by atoms with Gasteiger partial charge in [0.1, 0.15) is 0 Å². The van der Waals surface area contributed by atoms with E-state index in [4.69, 9.17) is 0 Å². The zero-order chi connectivity index (χ0) is 7.28. The van der Waals surface area contributed by atoms with Gasteiger partial charge in [0.25, 0.3) is 5.78 Å². The first-order valence-electron chi connectivity index (χ1n) is 2.48. The molecule has 4 heteroatoms. The molecule has 0 saturated carbocycles. The van der Waals surface area contributed by atoms with Crippen LogP contribution < -0.4 is 0 Å². The van der Waals surface area contributed by atoms with Crippen LogP contribution in [0.3, 0.4) is 0 Å². The lowest BCUT2D eigenvalue weighted by Crippen LogP contribution is -2.18. The second-order valence-corrected chi connectivity index (χ2v) is 1.28. The molecule has 0 amide bonds.